The molecule has 0 atom stereocenters. The predicted molar refractivity (Wildman–Crippen MR) is 100 cm³/mol. The molecule has 1 fully saturated rings. The number of hydrogen-bond acceptors (Lipinski definition) is 2. The van der Waals surface area contributed by atoms with Crippen molar-refractivity contribution in [1.82, 2.24) is 0 Å². The van der Waals surface area contributed by atoms with Gasteiger partial charge in [-0.1, -0.05) is 38.1 Å². The standard InChI is InChI=1S/C21H26N2/c1-16(2)19-8-4-5-9-20(19)22-15-18-10-11-21(17(3)14-18)23-12-6-7-13-23/h4-5,8-11,14-16H,6-7,12-13H2,1-3H3. The third kappa shape index (κ3) is 3.64. The van der Waals surface area contributed by atoms with E-state index in [1.54, 1.807) is 0 Å². The monoisotopic (exact) mass is 306 g/mol. The maximum absolute atomic E-state index is 4.73. The summed E-state index contributed by atoms with van der Waals surface area (Å²) in [6, 6.07) is 15.1. The Morgan fingerprint density at radius 1 is 1.04 bits per heavy atom. The molecule has 2 aromatic rings. The van der Waals surface area contributed by atoms with Gasteiger partial charge >= 0.3 is 0 Å². The summed E-state index contributed by atoms with van der Waals surface area (Å²) in [6.45, 7) is 9.01. The van der Waals surface area contributed by atoms with Crippen molar-refractivity contribution >= 4 is 17.6 Å². The Morgan fingerprint density at radius 3 is 2.48 bits per heavy atom. The van der Waals surface area contributed by atoms with Crippen molar-refractivity contribution in [3.05, 3.63) is 59.2 Å². The molecule has 0 radical (unpaired) electrons. The van der Waals surface area contributed by atoms with Crippen molar-refractivity contribution in [2.24, 2.45) is 4.99 Å². The molecule has 2 heteroatoms. The van der Waals surface area contributed by atoms with E-state index in [-0.39, 0.29) is 0 Å². The van der Waals surface area contributed by atoms with Crippen molar-refractivity contribution in [1.29, 1.82) is 0 Å². The van der Waals surface area contributed by atoms with Gasteiger partial charge in [-0.05, 0) is 60.6 Å². The van der Waals surface area contributed by atoms with Crippen LogP contribution in [0.3, 0.4) is 0 Å². The first-order valence-electron chi connectivity index (χ1n) is 8.64. The number of rotatable bonds is 4. The third-order valence-corrected chi connectivity index (χ3v) is 4.58. The number of benzene rings is 2. The molecule has 120 valence electrons. The van der Waals surface area contributed by atoms with Gasteiger partial charge in [-0.3, -0.25) is 4.99 Å². The molecular weight excluding hydrogens is 280 g/mol. The van der Waals surface area contributed by atoms with Crippen molar-refractivity contribution in [3.63, 3.8) is 0 Å². The largest absolute Gasteiger partial charge is 0.371 e. The van der Waals surface area contributed by atoms with Gasteiger partial charge in [-0.2, -0.15) is 0 Å². The topological polar surface area (TPSA) is 15.6 Å². The molecule has 0 N–H and O–H groups in total. The van der Waals surface area contributed by atoms with E-state index >= 15 is 0 Å². The second kappa shape index (κ2) is 6.99. The van der Waals surface area contributed by atoms with Crippen LogP contribution < -0.4 is 4.90 Å². The second-order valence-electron chi connectivity index (χ2n) is 6.71. The zero-order chi connectivity index (χ0) is 16.2. The van der Waals surface area contributed by atoms with E-state index in [0.29, 0.717) is 5.92 Å². The number of hydrogen-bond donors (Lipinski definition) is 0. The average Bonchev–Trinajstić information content (AvgIpc) is 3.07. The summed E-state index contributed by atoms with van der Waals surface area (Å²) < 4.78 is 0. The van der Waals surface area contributed by atoms with Crippen molar-refractivity contribution in [2.75, 3.05) is 18.0 Å². The number of para-hydroxylation sites is 1. The van der Waals surface area contributed by atoms with Crippen LogP contribution in [0.25, 0.3) is 0 Å². The zero-order valence-corrected chi connectivity index (χ0v) is 14.4. The van der Waals surface area contributed by atoms with Gasteiger partial charge in [0.15, 0.2) is 0 Å². The maximum Gasteiger partial charge on any atom is 0.0664 e. The minimum absolute atomic E-state index is 0.489. The summed E-state index contributed by atoms with van der Waals surface area (Å²) in [5.41, 5.74) is 6.26. The molecule has 1 saturated heterocycles. The number of anilines is 1. The van der Waals surface area contributed by atoms with Crippen LogP contribution in [0.5, 0.6) is 0 Å². The Bertz CT molecular complexity index is 695. The summed E-state index contributed by atoms with van der Waals surface area (Å²) in [4.78, 5) is 7.22. The normalized spacial score (nSPS) is 15.0. The van der Waals surface area contributed by atoms with E-state index < -0.39 is 0 Å². The van der Waals surface area contributed by atoms with Crippen LogP contribution in [0, 0.1) is 6.92 Å². The Balaban J connectivity index is 1.82. The minimum Gasteiger partial charge on any atom is -0.371 e. The van der Waals surface area contributed by atoms with Crippen LogP contribution in [0.1, 0.15) is 49.3 Å². The fourth-order valence-corrected chi connectivity index (χ4v) is 3.31. The lowest BCUT2D eigenvalue weighted by Gasteiger charge is -2.20. The van der Waals surface area contributed by atoms with Gasteiger partial charge in [0, 0.05) is 25.0 Å². The summed E-state index contributed by atoms with van der Waals surface area (Å²) >= 11 is 0. The van der Waals surface area contributed by atoms with Gasteiger partial charge in [0.1, 0.15) is 0 Å². The fraction of sp³-hybridized carbons (Fsp3) is 0.381. The molecule has 0 unspecified atom stereocenters. The zero-order valence-electron chi connectivity index (χ0n) is 14.4. The highest BCUT2D eigenvalue weighted by Crippen LogP contribution is 2.27. The predicted octanol–water partition coefficient (Wildman–Crippen LogP) is 5.47. The molecule has 23 heavy (non-hydrogen) atoms. The lowest BCUT2D eigenvalue weighted by atomic mass is 10.0. The molecule has 0 saturated carbocycles. The first-order valence-corrected chi connectivity index (χ1v) is 8.64. The molecule has 2 aromatic carbocycles. The molecule has 0 amide bonds. The third-order valence-electron chi connectivity index (χ3n) is 4.58. The molecule has 3 rings (SSSR count). The molecule has 0 aromatic heterocycles. The van der Waals surface area contributed by atoms with E-state index in [9.17, 15) is 0 Å². The van der Waals surface area contributed by atoms with Crippen LogP contribution in [0.4, 0.5) is 11.4 Å². The molecular formula is C21H26N2. The number of aryl methyl sites for hydroxylation is 1. The molecule has 1 heterocycles. The Kier molecular flexibility index (Phi) is 4.80. The van der Waals surface area contributed by atoms with Gasteiger partial charge in [-0.25, -0.2) is 0 Å². The van der Waals surface area contributed by atoms with E-state index in [2.05, 4.69) is 68.1 Å². The molecule has 0 spiro atoms. The summed E-state index contributed by atoms with van der Waals surface area (Å²) in [6.07, 6.45) is 4.62. The van der Waals surface area contributed by atoms with Crippen LogP contribution in [-0.2, 0) is 0 Å². The van der Waals surface area contributed by atoms with Crippen LogP contribution in [-0.4, -0.2) is 19.3 Å². The van der Waals surface area contributed by atoms with Gasteiger partial charge in [0.05, 0.1) is 5.69 Å². The van der Waals surface area contributed by atoms with Crippen molar-refractivity contribution < 1.29 is 0 Å². The van der Waals surface area contributed by atoms with Crippen LogP contribution in [0.15, 0.2) is 47.5 Å². The highest BCUT2D eigenvalue weighted by molar-refractivity contribution is 5.83. The van der Waals surface area contributed by atoms with E-state index in [4.69, 9.17) is 4.99 Å². The highest BCUT2D eigenvalue weighted by Gasteiger charge is 2.14. The minimum atomic E-state index is 0.489. The quantitative estimate of drug-likeness (QED) is 0.684. The summed E-state index contributed by atoms with van der Waals surface area (Å²) in [7, 11) is 0. The van der Waals surface area contributed by atoms with Gasteiger partial charge < -0.3 is 4.90 Å². The van der Waals surface area contributed by atoms with Gasteiger partial charge in [0.2, 0.25) is 0 Å². The number of nitrogens with zero attached hydrogens (tertiary/aromatic N) is 2. The Labute approximate surface area is 139 Å². The first-order chi connectivity index (χ1) is 11.1. The molecule has 0 aliphatic carbocycles. The Morgan fingerprint density at radius 2 is 1.78 bits per heavy atom. The Hall–Kier alpha value is -2.09. The summed E-state index contributed by atoms with van der Waals surface area (Å²) in [5.74, 6) is 0.489. The van der Waals surface area contributed by atoms with Gasteiger partial charge in [-0.15, -0.1) is 0 Å². The van der Waals surface area contributed by atoms with E-state index in [0.717, 1.165) is 5.69 Å². The molecule has 1 aliphatic heterocycles. The van der Waals surface area contributed by atoms with E-state index in [1.165, 1.54) is 48.3 Å². The fourth-order valence-electron chi connectivity index (χ4n) is 3.31. The lowest BCUT2D eigenvalue weighted by molar-refractivity contribution is 0.867. The van der Waals surface area contributed by atoms with Crippen LogP contribution >= 0.6 is 0 Å². The summed E-state index contributed by atoms with van der Waals surface area (Å²) in [5, 5.41) is 0. The highest BCUT2D eigenvalue weighted by atomic mass is 15.1. The van der Waals surface area contributed by atoms with Crippen LogP contribution in [0.2, 0.25) is 0 Å². The molecule has 0 bridgehead atoms. The van der Waals surface area contributed by atoms with Gasteiger partial charge in [0.25, 0.3) is 0 Å². The van der Waals surface area contributed by atoms with E-state index in [1.807, 2.05) is 6.21 Å². The van der Waals surface area contributed by atoms with Crippen molar-refractivity contribution in [2.45, 2.75) is 39.5 Å². The number of aliphatic imine (C=N–C) groups is 1. The first kappa shape index (κ1) is 15.8. The maximum atomic E-state index is 4.73. The van der Waals surface area contributed by atoms with Crippen molar-refractivity contribution in [3.8, 4) is 0 Å². The SMILES string of the molecule is Cc1cc(C=Nc2ccccc2C(C)C)ccc1N1CCCC1. The average molecular weight is 306 g/mol. The second-order valence-corrected chi connectivity index (χ2v) is 6.71. The molecule has 2 nitrogen and oxygen atoms in total. The smallest absolute Gasteiger partial charge is 0.0664 e. The molecule has 1 aliphatic rings. The lowest BCUT2D eigenvalue weighted by Crippen LogP contribution is -2.18.